The molecule has 1 unspecified atom stereocenters. The van der Waals surface area contributed by atoms with E-state index in [1.54, 1.807) is 37.4 Å². The number of aromatic nitrogens is 1. The van der Waals surface area contributed by atoms with Crippen molar-refractivity contribution < 1.29 is 9.90 Å². The number of fused-ring (bicyclic) bond motifs is 1. The number of rotatable bonds is 5. The number of nitrogens with zero attached hydrogens (tertiary/aromatic N) is 1. The van der Waals surface area contributed by atoms with E-state index >= 15 is 0 Å². The lowest BCUT2D eigenvalue weighted by Crippen LogP contribution is -2.24. The van der Waals surface area contributed by atoms with Crippen LogP contribution in [0, 0.1) is 0 Å². The number of nitrogens with two attached hydrogens (primary N) is 1. The monoisotopic (exact) mass is 348 g/mol. The molecule has 0 saturated heterocycles. The first kappa shape index (κ1) is 17.6. The van der Waals surface area contributed by atoms with Crippen LogP contribution in [0.3, 0.4) is 0 Å². The van der Waals surface area contributed by atoms with Crippen molar-refractivity contribution in [3.63, 3.8) is 0 Å². The number of benzene rings is 2. The lowest BCUT2D eigenvalue weighted by atomic mass is 10.0. The highest BCUT2D eigenvalue weighted by Crippen LogP contribution is 2.26. The van der Waals surface area contributed by atoms with E-state index in [4.69, 9.17) is 5.73 Å². The van der Waals surface area contributed by atoms with E-state index in [0.717, 1.165) is 5.56 Å². The number of ketones is 1. The third kappa shape index (κ3) is 3.30. The molecule has 0 aliphatic heterocycles. The van der Waals surface area contributed by atoms with Gasteiger partial charge in [-0.15, -0.1) is 0 Å². The number of hydrogen-bond acceptors (Lipinski definition) is 4. The highest BCUT2D eigenvalue weighted by atomic mass is 16.3. The van der Waals surface area contributed by atoms with Crippen LogP contribution in [0.5, 0.6) is 5.75 Å². The van der Waals surface area contributed by atoms with Gasteiger partial charge < -0.3 is 15.4 Å². The molecule has 0 fully saturated rings. The molecule has 1 heterocycles. The lowest BCUT2D eigenvalue weighted by molar-refractivity contribution is 0.104. The SMILES string of the molecule is Cn1c(=O)c(C(=O)/C=C/CC(N)c2ccccc2)c(O)c2ccccc21. The predicted octanol–water partition coefficient (Wildman–Crippen LogP) is 3.07. The van der Waals surface area contributed by atoms with Crippen molar-refractivity contribution in [1.29, 1.82) is 0 Å². The Morgan fingerprint density at radius 1 is 1.15 bits per heavy atom. The van der Waals surface area contributed by atoms with Gasteiger partial charge in [-0.1, -0.05) is 48.5 Å². The quantitative estimate of drug-likeness (QED) is 0.548. The van der Waals surface area contributed by atoms with Crippen LogP contribution in [0.1, 0.15) is 28.4 Å². The average molecular weight is 348 g/mol. The normalized spacial score (nSPS) is 12.5. The summed E-state index contributed by atoms with van der Waals surface area (Å²) in [5.74, 6) is -0.820. The van der Waals surface area contributed by atoms with Gasteiger partial charge in [0.15, 0.2) is 5.78 Å². The zero-order chi connectivity index (χ0) is 18.7. The van der Waals surface area contributed by atoms with Gasteiger partial charge in [0.25, 0.3) is 5.56 Å². The molecule has 0 radical (unpaired) electrons. The second kappa shape index (κ2) is 7.37. The molecule has 5 nitrogen and oxygen atoms in total. The molecule has 2 aromatic carbocycles. The number of carbonyl (C=O) groups is 1. The molecule has 0 saturated carbocycles. The van der Waals surface area contributed by atoms with Gasteiger partial charge in [0, 0.05) is 18.5 Å². The fraction of sp³-hybridized carbons (Fsp3) is 0.143. The van der Waals surface area contributed by atoms with Gasteiger partial charge in [0.1, 0.15) is 11.3 Å². The smallest absolute Gasteiger partial charge is 0.265 e. The van der Waals surface area contributed by atoms with Crippen LogP contribution in [0.2, 0.25) is 0 Å². The zero-order valence-corrected chi connectivity index (χ0v) is 14.4. The lowest BCUT2D eigenvalue weighted by Gasteiger charge is -2.10. The molecule has 0 aliphatic carbocycles. The minimum Gasteiger partial charge on any atom is -0.506 e. The first-order valence-corrected chi connectivity index (χ1v) is 8.32. The third-order valence-corrected chi connectivity index (χ3v) is 4.41. The fourth-order valence-corrected chi connectivity index (χ4v) is 2.94. The molecule has 1 atom stereocenters. The van der Waals surface area contributed by atoms with Gasteiger partial charge in [0.2, 0.25) is 0 Å². The molecule has 3 N–H and O–H groups in total. The van der Waals surface area contributed by atoms with Crippen molar-refractivity contribution in [2.24, 2.45) is 12.8 Å². The molecule has 1 aromatic heterocycles. The summed E-state index contributed by atoms with van der Waals surface area (Å²) in [5, 5.41) is 10.9. The van der Waals surface area contributed by atoms with Crippen molar-refractivity contribution in [2.75, 3.05) is 0 Å². The standard InChI is InChI=1S/C21H20N2O3/c1-23-17-12-6-5-10-15(17)20(25)19(21(23)26)18(24)13-7-11-16(22)14-8-3-2-4-9-14/h2-10,12-13,16,25H,11,22H2,1H3/b13-7+. The Kier molecular flexibility index (Phi) is 5.00. The third-order valence-electron chi connectivity index (χ3n) is 4.41. The second-order valence-electron chi connectivity index (χ2n) is 6.12. The molecular weight excluding hydrogens is 328 g/mol. The summed E-state index contributed by atoms with van der Waals surface area (Å²) in [6.07, 6.45) is 3.38. The number of aryl methyl sites for hydroxylation is 1. The van der Waals surface area contributed by atoms with E-state index in [1.165, 1.54) is 10.6 Å². The van der Waals surface area contributed by atoms with Crippen molar-refractivity contribution in [1.82, 2.24) is 4.57 Å². The summed E-state index contributed by atoms with van der Waals surface area (Å²) < 4.78 is 1.37. The molecule has 3 rings (SSSR count). The van der Waals surface area contributed by atoms with Crippen LogP contribution in [-0.4, -0.2) is 15.5 Å². The molecule has 132 valence electrons. The van der Waals surface area contributed by atoms with E-state index in [2.05, 4.69) is 0 Å². The van der Waals surface area contributed by atoms with Crippen molar-refractivity contribution in [3.8, 4) is 5.75 Å². The second-order valence-corrected chi connectivity index (χ2v) is 6.12. The predicted molar refractivity (Wildman–Crippen MR) is 102 cm³/mol. The number of hydrogen-bond donors (Lipinski definition) is 2. The molecule has 0 aliphatic rings. The van der Waals surface area contributed by atoms with E-state index in [9.17, 15) is 14.7 Å². The highest BCUT2D eigenvalue weighted by Gasteiger charge is 2.19. The van der Waals surface area contributed by atoms with Crippen LogP contribution in [0.15, 0.2) is 71.5 Å². The van der Waals surface area contributed by atoms with E-state index in [1.807, 2.05) is 30.3 Å². The first-order chi connectivity index (χ1) is 12.5. The molecule has 0 bridgehead atoms. The Hall–Kier alpha value is -3.18. The fourth-order valence-electron chi connectivity index (χ4n) is 2.94. The van der Waals surface area contributed by atoms with Crippen LogP contribution < -0.4 is 11.3 Å². The van der Waals surface area contributed by atoms with Crippen LogP contribution in [-0.2, 0) is 7.05 Å². The Morgan fingerprint density at radius 2 is 1.81 bits per heavy atom. The summed E-state index contributed by atoms with van der Waals surface area (Å²) >= 11 is 0. The van der Waals surface area contributed by atoms with Gasteiger partial charge >= 0.3 is 0 Å². The van der Waals surface area contributed by atoms with Gasteiger partial charge in [-0.2, -0.15) is 0 Å². The summed E-state index contributed by atoms with van der Waals surface area (Å²) in [5.41, 5.74) is 6.89. The van der Waals surface area contributed by atoms with E-state index in [0.29, 0.717) is 17.3 Å². The van der Waals surface area contributed by atoms with Crippen LogP contribution >= 0.6 is 0 Å². The average Bonchev–Trinajstić information content (AvgIpc) is 2.67. The van der Waals surface area contributed by atoms with E-state index in [-0.39, 0.29) is 17.4 Å². The Labute approximate surface area is 151 Å². The Balaban J connectivity index is 1.87. The number of pyridine rings is 1. The van der Waals surface area contributed by atoms with Crippen molar-refractivity contribution >= 4 is 16.7 Å². The summed E-state index contributed by atoms with van der Waals surface area (Å²) in [7, 11) is 1.58. The maximum atomic E-state index is 12.5. The maximum Gasteiger partial charge on any atom is 0.265 e. The molecule has 3 aromatic rings. The summed E-state index contributed by atoms with van der Waals surface area (Å²) in [6.45, 7) is 0. The van der Waals surface area contributed by atoms with Gasteiger partial charge in [-0.3, -0.25) is 9.59 Å². The summed E-state index contributed by atoms with van der Waals surface area (Å²) in [6, 6.07) is 16.2. The molecular formula is C21H20N2O3. The van der Waals surface area contributed by atoms with Gasteiger partial charge in [0.05, 0.1) is 5.52 Å². The topological polar surface area (TPSA) is 85.3 Å². The van der Waals surface area contributed by atoms with Crippen LogP contribution in [0.4, 0.5) is 0 Å². The minimum absolute atomic E-state index is 0.226. The summed E-state index contributed by atoms with van der Waals surface area (Å²) in [4.78, 5) is 25.0. The molecule has 26 heavy (non-hydrogen) atoms. The number of carbonyl (C=O) groups excluding carboxylic acids is 1. The van der Waals surface area contributed by atoms with Crippen molar-refractivity contribution in [2.45, 2.75) is 12.5 Å². The highest BCUT2D eigenvalue weighted by molar-refractivity contribution is 6.09. The maximum absolute atomic E-state index is 12.5. The Bertz CT molecular complexity index is 1040. The molecule has 5 heteroatoms. The molecule has 0 spiro atoms. The largest absolute Gasteiger partial charge is 0.506 e. The van der Waals surface area contributed by atoms with E-state index < -0.39 is 11.3 Å². The van der Waals surface area contributed by atoms with Gasteiger partial charge in [-0.25, -0.2) is 0 Å². The Morgan fingerprint density at radius 3 is 2.54 bits per heavy atom. The van der Waals surface area contributed by atoms with Gasteiger partial charge in [-0.05, 0) is 30.2 Å². The molecule has 0 amide bonds. The van der Waals surface area contributed by atoms with Crippen molar-refractivity contribution in [3.05, 3.63) is 88.2 Å². The number of para-hydroxylation sites is 1. The first-order valence-electron chi connectivity index (χ1n) is 8.32. The minimum atomic E-state index is -0.533. The zero-order valence-electron chi connectivity index (χ0n) is 14.4. The number of allylic oxidation sites excluding steroid dienone is 1. The van der Waals surface area contributed by atoms with Crippen LogP contribution in [0.25, 0.3) is 10.9 Å². The number of aromatic hydroxyl groups is 1.